The third kappa shape index (κ3) is 4.34. The smallest absolute Gasteiger partial charge is 0.289 e. The zero-order valence-electron chi connectivity index (χ0n) is 15.9. The number of benzene rings is 1. The Hall–Kier alpha value is -2.04. The summed E-state index contributed by atoms with van der Waals surface area (Å²) >= 11 is 0. The maximum Gasteiger partial charge on any atom is 0.289 e. The molecule has 0 radical (unpaired) electrons. The van der Waals surface area contributed by atoms with Gasteiger partial charge in [0.2, 0.25) is 15.9 Å². The molecule has 1 aromatic carbocycles. The molecule has 1 amide bonds. The second-order valence-electron chi connectivity index (χ2n) is 7.33. The topological polar surface area (TPSA) is 113 Å². The van der Waals surface area contributed by atoms with Crippen LogP contribution in [0.4, 0.5) is 5.69 Å². The van der Waals surface area contributed by atoms with Crippen molar-refractivity contribution in [1.82, 2.24) is 14.5 Å². The molecule has 3 rings (SSSR count). The van der Waals surface area contributed by atoms with E-state index in [0.717, 1.165) is 25.7 Å². The van der Waals surface area contributed by atoms with Crippen LogP contribution >= 0.6 is 0 Å². The van der Waals surface area contributed by atoms with Crippen molar-refractivity contribution in [2.24, 2.45) is 0 Å². The monoisotopic (exact) mass is 410 g/mol. The summed E-state index contributed by atoms with van der Waals surface area (Å²) in [6, 6.07) is 5.29. The molecule has 1 N–H and O–H groups in total. The Kier molecular flexibility index (Phi) is 6.31. The third-order valence-corrected chi connectivity index (χ3v) is 7.53. The van der Waals surface area contributed by atoms with Crippen LogP contribution in [-0.4, -0.2) is 66.7 Å². The third-order valence-electron chi connectivity index (χ3n) is 5.58. The van der Waals surface area contributed by atoms with Crippen LogP contribution in [-0.2, 0) is 14.8 Å². The Balaban J connectivity index is 1.63. The van der Waals surface area contributed by atoms with E-state index in [1.807, 2.05) is 11.8 Å². The zero-order chi connectivity index (χ0) is 20.3. The summed E-state index contributed by atoms with van der Waals surface area (Å²) in [5.74, 6) is -0.0260. The molecule has 0 bridgehead atoms. The van der Waals surface area contributed by atoms with Crippen LogP contribution in [0.1, 0.15) is 32.6 Å². The maximum absolute atomic E-state index is 12.9. The number of nitro groups is 1. The molecule has 1 heterocycles. The Bertz CT molecular complexity index is 830. The molecule has 0 aromatic heterocycles. The Morgan fingerprint density at radius 3 is 2.39 bits per heavy atom. The summed E-state index contributed by atoms with van der Waals surface area (Å²) in [6.45, 7) is 3.01. The van der Waals surface area contributed by atoms with Gasteiger partial charge in [-0.15, -0.1) is 0 Å². The molecule has 2 aliphatic rings. The number of nitro benzene ring substituents is 1. The van der Waals surface area contributed by atoms with Gasteiger partial charge in [0.15, 0.2) is 4.90 Å². The molecule has 154 valence electrons. The first kappa shape index (κ1) is 20.7. The highest BCUT2D eigenvalue weighted by atomic mass is 32.2. The van der Waals surface area contributed by atoms with Gasteiger partial charge in [-0.25, -0.2) is 8.42 Å². The van der Waals surface area contributed by atoms with Gasteiger partial charge in [-0.05, 0) is 25.8 Å². The second kappa shape index (κ2) is 8.54. The molecule has 2 fully saturated rings. The van der Waals surface area contributed by atoms with E-state index in [0.29, 0.717) is 13.1 Å². The first-order valence-electron chi connectivity index (χ1n) is 9.58. The molecule has 9 nitrogen and oxygen atoms in total. The zero-order valence-corrected chi connectivity index (χ0v) is 16.7. The lowest BCUT2D eigenvalue weighted by Gasteiger charge is -2.37. The number of hydrogen-bond acceptors (Lipinski definition) is 6. The van der Waals surface area contributed by atoms with Gasteiger partial charge in [-0.1, -0.05) is 25.0 Å². The van der Waals surface area contributed by atoms with Gasteiger partial charge in [-0.3, -0.25) is 19.8 Å². The van der Waals surface area contributed by atoms with E-state index in [1.54, 1.807) is 0 Å². The minimum Gasteiger partial charge on any atom is -0.352 e. The Morgan fingerprint density at radius 2 is 1.79 bits per heavy atom. The van der Waals surface area contributed by atoms with Crippen molar-refractivity contribution < 1.29 is 18.1 Å². The van der Waals surface area contributed by atoms with Gasteiger partial charge >= 0.3 is 0 Å². The standard InChI is InChI=1S/C18H26N4O5S/c1-14(18(23)19-15-6-2-3-7-15)20-10-12-21(13-11-20)28(26,27)17-9-5-4-8-16(17)22(24)25/h4-5,8-9,14-15H,2-3,6-7,10-13H2,1H3,(H,19,23). The number of nitrogens with zero attached hydrogens (tertiary/aromatic N) is 3. The van der Waals surface area contributed by atoms with Crippen LogP contribution < -0.4 is 5.32 Å². The largest absolute Gasteiger partial charge is 0.352 e. The van der Waals surface area contributed by atoms with E-state index in [-0.39, 0.29) is 36.0 Å². The number of carbonyl (C=O) groups is 1. The lowest BCUT2D eigenvalue weighted by molar-refractivity contribution is -0.387. The molecule has 1 aliphatic heterocycles. The van der Waals surface area contributed by atoms with E-state index < -0.39 is 20.6 Å². The van der Waals surface area contributed by atoms with Crippen LogP contribution in [0.2, 0.25) is 0 Å². The second-order valence-corrected chi connectivity index (χ2v) is 9.24. The number of nitrogens with one attached hydrogen (secondary N) is 1. The summed E-state index contributed by atoms with van der Waals surface area (Å²) in [6.07, 6.45) is 4.31. The number of sulfonamides is 1. The van der Waals surface area contributed by atoms with Crippen LogP contribution in [0.3, 0.4) is 0 Å². The van der Waals surface area contributed by atoms with Crippen molar-refractivity contribution in [1.29, 1.82) is 0 Å². The fourth-order valence-corrected chi connectivity index (χ4v) is 5.43. The Morgan fingerprint density at radius 1 is 1.18 bits per heavy atom. The predicted octanol–water partition coefficient (Wildman–Crippen LogP) is 1.35. The molecule has 10 heteroatoms. The van der Waals surface area contributed by atoms with Crippen molar-refractivity contribution >= 4 is 21.6 Å². The van der Waals surface area contributed by atoms with Crippen molar-refractivity contribution in [3.05, 3.63) is 34.4 Å². The normalized spacial score (nSPS) is 20.8. The molecule has 1 unspecified atom stereocenters. The van der Waals surface area contributed by atoms with Crippen LogP contribution in [0, 0.1) is 10.1 Å². The van der Waals surface area contributed by atoms with E-state index in [2.05, 4.69) is 5.32 Å². The maximum atomic E-state index is 12.9. The number of amides is 1. The van der Waals surface area contributed by atoms with Crippen molar-refractivity contribution in [2.45, 2.75) is 49.6 Å². The van der Waals surface area contributed by atoms with Gasteiger partial charge in [0, 0.05) is 38.3 Å². The summed E-state index contributed by atoms with van der Waals surface area (Å²) in [4.78, 5) is 24.6. The van der Waals surface area contributed by atoms with E-state index in [4.69, 9.17) is 0 Å². The van der Waals surface area contributed by atoms with Crippen LogP contribution in [0.15, 0.2) is 29.2 Å². The summed E-state index contributed by atoms with van der Waals surface area (Å²) in [5, 5.41) is 14.3. The number of hydrogen-bond donors (Lipinski definition) is 1. The average Bonchev–Trinajstić information content (AvgIpc) is 3.20. The fraction of sp³-hybridized carbons (Fsp3) is 0.611. The van der Waals surface area contributed by atoms with Gasteiger partial charge < -0.3 is 5.32 Å². The minimum atomic E-state index is -3.96. The van der Waals surface area contributed by atoms with E-state index in [9.17, 15) is 23.3 Å². The summed E-state index contributed by atoms with van der Waals surface area (Å²) in [7, 11) is -3.96. The quantitative estimate of drug-likeness (QED) is 0.559. The summed E-state index contributed by atoms with van der Waals surface area (Å²) < 4.78 is 27.0. The molecular weight excluding hydrogens is 384 g/mol. The Labute approximate surface area is 164 Å². The highest BCUT2D eigenvalue weighted by Crippen LogP contribution is 2.27. The highest BCUT2D eigenvalue weighted by Gasteiger charge is 2.35. The van der Waals surface area contributed by atoms with E-state index >= 15 is 0 Å². The molecular formula is C18H26N4O5S. The fourth-order valence-electron chi connectivity index (χ4n) is 3.85. The lowest BCUT2D eigenvalue weighted by atomic mass is 10.2. The van der Waals surface area contributed by atoms with Gasteiger partial charge in [0.05, 0.1) is 11.0 Å². The van der Waals surface area contributed by atoms with Gasteiger partial charge in [0.1, 0.15) is 0 Å². The molecule has 1 saturated carbocycles. The first-order valence-corrected chi connectivity index (χ1v) is 11.0. The molecule has 1 aromatic rings. The van der Waals surface area contributed by atoms with Crippen molar-refractivity contribution in [2.75, 3.05) is 26.2 Å². The molecule has 1 saturated heterocycles. The predicted molar refractivity (Wildman–Crippen MR) is 103 cm³/mol. The van der Waals surface area contributed by atoms with E-state index in [1.165, 1.54) is 28.6 Å². The number of piperazine rings is 1. The number of carbonyl (C=O) groups excluding carboxylic acids is 1. The molecule has 0 spiro atoms. The molecule has 28 heavy (non-hydrogen) atoms. The average molecular weight is 410 g/mol. The number of rotatable bonds is 6. The van der Waals surface area contributed by atoms with Crippen molar-refractivity contribution in [3.8, 4) is 0 Å². The van der Waals surface area contributed by atoms with Gasteiger partial charge in [0.25, 0.3) is 5.69 Å². The van der Waals surface area contributed by atoms with Crippen LogP contribution in [0.25, 0.3) is 0 Å². The number of para-hydroxylation sites is 1. The van der Waals surface area contributed by atoms with Gasteiger partial charge in [-0.2, -0.15) is 4.31 Å². The van der Waals surface area contributed by atoms with Crippen LogP contribution in [0.5, 0.6) is 0 Å². The molecule has 1 atom stereocenters. The highest BCUT2D eigenvalue weighted by molar-refractivity contribution is 7.89. The van der Waals surface area contributed by atoms with Crippen molar-refractivity contribution in [3.63, 3.8) is 0 Å². The molecule has 1 aliphatic carbocycles. The first-order chi connectivity index (χ1) is 13.3. The lowest BCUT2D eigenvalue weighted by Crippen LogP contribution is -2.55. The summed E-state index contributed by atoms with van der Waals surface area (Å²) in [5.41, 5.74) is -0.422. The SMILES string of the molecule is CC(C(=O)NC1CCCC1)N1CCN(S(=O)(=O)c2ccccc2[N+](=O)[O-])CC1. The minimum absolute atomic E-state index is 0.0260.